The lowest BCUT2D eigenvalue weighted by atomic mass is 10.1. The van der Waals surface area contributed by atoms with Gasteiger partial charge in [0.25, 0.3) is 0 Å². The molecule has 0 radical (unpaired) electrons. The van der Waals surface area contributed by atoms with E-state index in [9.17, 15) is 8.42 Å². The second kappa shape index (κ2) is 6.07. The quantitative estimate of drug-likeness (QED) is 0.885. The summed E-state index contributed by atoms with van der Waals surface area (Å²) >= 11 is 0. The topological polar surface area (TPSA) is 72.2 Å². The summed E-state index contributed by atoms with van der Waals surface area (Å²) in [6.45, 7) is 1.20. The Morgan fingerprint density at radius 3 is 2.30 bits per heavy atom. The fourth-order valence-corrected chi connectivity index (χ4v) is 2.52. The molecule has 2 aromatic rings. The van der Waals surface area contributed by atoms with Gasteiger partial charge >= 0.3 is 0 Å². The van der Waals surface area contributed by atoms with Crippen molar-refractivity contribution in [1.82, 2.24) is 0 Å². The summed E-state index contributed by atoms with van der Waals surface area (Å²) in [6, 6.07) is 14.8. The van der Waals surface area contributed by atoms with Gasteiger partial charge in [-0.25, -0.2) is 8.42 Å². The Hall–Kier alpha value is -1.85. The van der Waals surface area contributed by atoms with Crippen LogP contribution in [0.15, 0.2) is 53.4 Å². The molecule has 0 aromatic heterocycles. The van der Waals surface area contributed by atoms with Crippen molar-refractivity contribution in [2.45, 2.75) is 18.0 Å². The van der Waals surface area contributed by atoms with Crippen LogP contribution < -0.4 is 11.1 Å². The van der Waals surface area contributed by atoms with E-state index in [-0.39, 0.29) is 0 Å². The van der Waals surface area contributed by atoms with E-state index >= 15 is 0 Å². The first-order chi connectivity index (χ1) is 9.49. The van der Waals surface area contributed by atoms with Gasteiger partial charge in [0.05, 0.1) is 4.90 Å². The summed E-state index contributed by atoms with van der Waals surface area (Å²) in [6.07, 6.45) is 1.20. The highest BCUT2D eigenvalue weighted by atomic mass is 32.2. The van der Waals surface area contributed by atoms with Crippen molar-refractivity contribution in [3.63, 3.8) is 0 Å². The Labute approximate surface area is 119 Å². The molecule has 0 atom stereocenters. The predicted octanol–water partition coefficient (Wildman–Crippen LogP) is 2.16. The van der Waals surface area contributed by atoms with Crippen LogP contribution in [-0.2, 0) is 22.9 Å². The van der Waals surface area contributed by atoms with Gasteiger partial charge in [-0.05, 0) is 35.4 Å². The summed E-state index contributed by atoms with van der Waals surface area (Å²) in [5.41, 5.74) is 8.72. The molecular weight excluding hydrogens is 272 g/mol. The van der Waals surface area contributed by atoms with Crippen LogP contribution in [0, 0.1) is 0 Å². The van der Waals surface area contributed by atoms with Gasteiger partial charge in [0, 0.05) is 25.0 Å². The minimum absolute atomic E-state index is 0.327. The number of benzene rings is 2. The molecule has 0 heterocycles. The number of nitrogens with two attached hydrogens (primary N) is 1. The average molecular weight is 290 g/mol. The Bertz CT molecular complexity index is 679. The lowest BCUT2D eigenvalue weighted by molar-refractivity contribution is 0.602. The SMILES string of the molecule is CS(=O)(=O)c1ccc(NCc2cccc(CN)c2)cc1. The normalized spacial score (nSPS) is 11.3. The van der Waals surface area contributed by atoms with Gasteiger partial charge in [0.1, 0.15) is 0 Å². The molecule has 2 rings (SSSR count). The van der Waals surface area contributed by atoms with E-state index in [4.69, 9.17) is 5.73 Å². The standard InChI is InChI=1S/C15H18N2O2S/c1-20(18,19)15-7-5-14(6-8-15)17-11-13-4-2-3-12(9-13)10-16/h2-9,17H,10-11,16H2,1H3. The molecule has 0 aliphatic carbocycles. The molecule has 3 N–H and O–H groups in total. The summed E-state index contributed by atoms with van der Waals surface area (Å²) in [7, 11) is -3.14. The zero-order valence-corrected chi connectivity index (χ0v) is 12.2. The molecule has 0 amide bonds. The zero-order valence-electron chi connectivity index (χ0n) is 11.3. The smallest absolute Gasteiger partial charge is 0.175 e. The van der Waals surface area contributed by atoms with E-state index in [0.717, 1.165) is 16.8 Å². The molecule has 2 aromatic carbocycles. The minimum atomic E-state index is -3.14. The molecule has 0 aliphatic rings. The molecule has 0 unspecified atom stereocenters. The maximum absolute atomic E-state index is 11.4. The number of rotatable bonds is 5. The van der Waals surface area contributed by atoms with Gasteiger partial charge in [-0.1, -0.05) is 24.3 Å². The summed E-state index contributed by atoms with van der Waals surface area (Å²) in [5.74, 6) is 0. The van der Waals surface area contributed by atoms with Crippen molar-refractivity contribution in [3.8, 4) is 0 Å². The van der Waals surface area contributed by atoms with E-state index in [1.54, 1.807) is 24.3 Å². The Morgan fingerprint density at radius 1 is 1.05 bits per heavy atom. The molecule has 106 valence electrons. The molecule has 0 saturated carbocycles. The first kappa shape index (κ1) is 14.6. The number of nitrogens with one attached hydrogen (secondary N) is 1. The van der Waals surface area contributed by atoms with Crippen LogP contribution in [0.2, 0.25) is 0 Å². The maximum Gasteiger partial charge on any atom is 0.175 e. The zero-order chi connectivity index (χ0) is 14.6. The van der Waals surface area contributed by atoms with Gasteiger partial charge in [0.15, 0.2) is 9.84 Å². The number of hydrogen-bond acceptors (Lipinski definition) is 4. The van der Waals surface area contributed by atoms with Crippen LogP contribution in [-0.4, -0.2) is 14.7 Å². The second-order valence-corrected chi connectivity index (χ2v) is 6.69. The van der Waals surface area contributed by atoms with Gasteiger partial charge in [0.2, 0.25) is 0 Å². The van der Waals surface area contributed by atoms with Crippen LogP contribution in [0.4, 0.5) is 5.69 Å². The minimum Gasteiger partial charge on any atom is -0.381 e. The van der Waals surface area contributed by atoms with E-state index in [0.29, 0.717) is 18.0 Å². The molecule has 0 bridgehead atoms. The van der Waals surface area contributed by atoms with Crippen LogP contribution in [0.3, 0.4) is 0 Å². The molecule has 20 heavy (non-hydrogen) atoms. The second-order valence-electron chi connectivity index (χ2n) is 4.67. The van der Waals surface area contributed by atoms with Crippen molar-refractivity contribution >= 4 is 15.5 Å². The summed E-state index contributed by atoms with van der Waals surface area (Å²) in [4.78, 5) is 0.327. The first-order valence-electron chi connectivity index (χ1n) is 6.31. The third-order valence-electron chi connectivity index (χ3n) is 3.01. The first-order valence-corrected chi connectivity index (χ1v) is 8.20. The van der Waals surface area contributed by atoms with Gasteiger partial charge < -0.3 is 11.1 Å². The van der Waals surface area contributed by atoms with E-state index in [1.165, 1.54) is 6.26 Å². The third kappa shape index (κ3) is 3.82. The van der Waals surface area contributed by atoms with Crippen molar-refractivity contribution in [2.24, 2.45) is 5.73 Å². The van der Waals surface area contributed by atoms with Crippen LogP contribution >= 0.6 is 0 Å². The van der Waals surface area contributed by atoms with E-state index in [1.807, 2.05) is 18.2 Å². The summed E-state index contributed by atoms with van der Waals surface area (Å²) < 4.78 is 22.7. The summed E-state index contributed by atoms with van der Waals surface area (Å²) in [5, 5.41) is 3.26. The average Bonchev–Trinajstić information content (AvgIpc) is 2.45. The predicted molar refractivity (Wildman–Crippen MR) is 81.2 cm³/mol. The number of anilines is 1. The largest absolute Gasteiger partial charge is 0.381 e. The van der Waals surface area contributed by atoms with Crippen molar-refractivity contribution in [1.29, 1.82) is 0 Å². The highest BCUT2D eigenvalue weighted by Crippen LogP contribution is 2.15. The highest BCUT2D eigenvalue weighted by Gasteiger charge is 2.05. The Kier molecular flexibility index (Phi) is 4.42. The van der Waals surface area contributed by atoms with Crippen molar-refractivity contribution in [3.05, 3.63) is 59.7 Å². The number of sulfone groups is 1. The Balaban J connectivity index is 2.04. The molecule has 4 nitrogen and oxygen atoms in total. The molecule has 0 spiro atoms. The third-order valence-corrected chi connectivity index (χ3v) is 4.13. The van der Waals surface area contributed by atoms with Gasteiger partial charge in [-0.2, -0.15) is 0 Å². The van der Waals surface area contributed by atoms with Crippen molar-refractivity contribution < 1.29 is 8.42 Å². The lowest BCUT2D eigenvalue weighted by Crippen LogP contribution is -2.02. The molecule has 5 heteroatoms. The molecule has 0 aliphatic heterocycles. The monoisotopic (exact) mass is 290 g/mol. The maximum atomic E-state index is 11.4. The van der Waals surface area contributed by atoms with Crippen molar-refractivity contribution in [2.75, 3.05) is 11.6 Å². The fraction of sp³-hybridized carbons (Fsp3) is 0.200. The highest BCUT2D eigenvalue weighted by molar-refractivity contribution is 7.90. The Morgan fingerprint density at radius 2 is 1.70 bits per heavy atom. The van der Waals surface area contributed by atoms with E-state index in [2.05, 4.69) is 11.4 Å². The van der Waals surface area contributed by atoms with Crippen LogP contribution in [0.25, 0.3) is 0 Å². The molecule has 0 saturated heterocycles. The van der Waals surface area contributed by atoms with E-state index < -0.39 is 9.84 Å². The molecular formula is C15H18N2O2S. The number of hydrogen-bond donors (Lipinski definition) is 2. The fourth-order valence-electron chi connectivity index (χ4n) is 1.89. The van der Waals surface area contributed by atoms with Gasteiger partial charge in [-0.3, -0.25) is 0 Å². The molecule has 0 fully saturated rings. The lowest BCUT2D eigenvalue weighted by Gasteiger charge is -2.08. The van der Waals surface area contributed by atoms with Gasteiger partial charge in [-0.15, -0.1) is 0 Å². The van der Waals surface area contributed by atoms with Crippen LogP contribution in [0.1, 0.15) is 11.1 Å². The van der Waals surface area contributed by atoms with Crippen LogP contribution in [0.5, 0.6) is 0 Å².